The first kappa shape index (κ1) is 61.3. The van der Waals surface area contributed by atoms with Gasteiger partial charge in [0, 0.05) is 0 Å². The van der Waals surface area contributed by atoms with Crippen molar-refractivity contribution >= 4 is 11.9 Å². The minimum absolute atomic E-state index is 0. The zero-order chi connectivity index (χ0) is 30.3. The number of rotatable bonds is 14. The van der Waals surface area contributed by atoms with Crippen LogP contribution in [0.1, 0.15) is 138 Å². The molecule has 2 heterocycles. The van der Waals surface area contributed by atoms with Gasteiger partial charge in [-0.05, 0) is 63.1 Å². The maximum Gasteiger partial charge on any atom is 0.311 e. The number of benzene rings is 2. The highest BCUT2D eigenvalue weighted by Crippen LogP contribution is 2.45. The number of hydrogen-bond acceptors (Lipinski definition) is 7. The molecule has 0 aromatic heterocycles. The number of carbonyl (C=O) groups excluding carboxylic acids is 2. The molecule has 0 N–H and O–H groups in total. The fourth-order valence-corrected chi connectivity index (χ4v) is 4.82. The number of para-hydroxylation sites is 1. The molecule has 292 valence electrons. The molecule has 2 aliphatic heterocycles. The quantitative estimate of drug-likeness (QED) is 0.143. The van der Waals surface area contributed by atoms with Crippen molar-refractivity contribution < 1.29 is 33.3 Å². The minimum Gasteiger partial charge on any atom is -0.491 e. The standard InChI is InChI=1S/C23H34O5.C9H10O2.C2H6.8CH4/c1-6-17(18-11-9-8-10-12-18)13-23(4,21(25)28-15-19-14-27-19)16-22(3,7-2)20(24)26-5;1-2-4-8(5-3-1)10-6-9-7-11-9;1-2;;;;;;;;/h8-12,17,19H,6-7,13-16H2,1-5H3;1-5,9H,6-7H2;1-2H3;8*1H4. The van der Waals surface area contributed by atoms with E-state index < -0.39 is 10.8 Å². The predicted molar refractivity (Wildman–Crippen MR) is 215 cm³/mol. The van der Waals surface area contributed by atoms with Crippen molar-refractivity contribution in [2.45, 2.75) is 145 Å². The van der Waals surface area contributed by atoms with Gasteiger partial charge in [0.1, 0.15) is 31.2 Å². The average Bonchev–Trinajstić information content (AvgIpc) is 3.95. The second-order valence-electron chi connectivity index (χ2n) is 11.0. The van der Waals surface area contributed by atoms with Crippen LogP contribution in [0.3, 0.4) is 0 Å². The predicted octanol–water partition coefficient (Wildman–Crippen LogP) is 12.1. The molecule has 0 spiro atoms. The van der Waals surface area contributed by atoms with Gasteiger partial charge in [0.05, 0.1) is 31.2 Å². The Morgan fingerprint density at radius 2 is 1.18 bits per heavy atom. The molecule has 0 amide bonds. The van der Waals surface area contributed by atoms with E-state index in [1.807, 2.05) is 83.1 Å². The Bertz CT molecular complexity index is 1020. The van der Waals surface area contributed by atoms with Crippen LogP contribution in [0.15, 0.2) is 60.7 Å². The summed E-state index contributed by atoms with van der Waals surface area (Å²) in [5.41, 5.74) is -0.344. The largest absolute Gasteiger partial charge is 0.491 e. The Morgan fingerprint density at radius 3 is 1.59 bits per heavy atom. The molecule has 2 fully saturated rings. The Morgan fingerprint density at radius 1 is 0.735 bits per heavy atom. The van der Waals surface area contributed by atoms with Crippen molar-refractivity contribution in [3.8, 4) is 5.75 Å². The second-order valence-corrected chi connectivity index (χ2v) is 11.0. The van der Waals surface area contributed by atoms with E-state index in [9.17, 15) is 9.59 Å². The molecular formula is C42H82O7. The van der Waals surface area contributed by atoms with Crippen LogP contribution >= 0.6 is 0 Å². The smallest absolute Gasteiger partial charge is 0.311 e. The van der Waals surface area contributed by atoms with Crippen molar-refractivity contribution in [3.05, 3.63) is 66.2 Å². The number of hydrogen-bond donors (Lipinski definition) is 0. The maximum absolute atomic E-state index is 13.2. The van der Waals surface area contributed by atoms with Crippen molar-refractivity contribution in [1.29, 1.82) is 0 Å². The highest BCUT2D eigenvalue weighted by Gasteiger charge is 2.46. The summed E-state index contributed by atoms with van der Waals surface area (Å²) in [6.07, 6.45) is 2.86. The van der Waals surface area contributed by atoms with E-state index in [-0.39, 0.29) is 90.0 Å². The Balaban J connectivity index is -0.000000144. The number of epoxide rings is 2. The highest BCUT2D eigenvalue weighted by molar-refractivity contribution is 5.80. The first-order valence-electron chi connectivity index (χ1n) is 14.9. The number of methoxy groups -OCH3 is 1. The van der Waals surface area contributed by atoms with E-state index in [0.29, 0.717) is 38.6 Å². The lowest BCUT2D eigenvalue weighted by molar-refractivity contribution is -0.163. The van der Waals surface area contributed by atoms with Crippen LogP contribution in [0.5, 0.6) is 5.75 Å². The summed E-state index contributed by atoms with van der Waals surface area (Å²) in [6, 6.07) is 20.0. The lowest BCUT2D eigenvalue weighted by Crippen LogP contribution is -2.41. The molecule has 4 rings (SSSR count). The molecule has 5 unspecified atom stereocenters. The molecule has 49 heavy (non-hydrogen) atoms. The zero-order valence-electron chi connectivity index (χ0n) is 26.0. The molecule has 0 aliphatic carbocycles. The molecule has 5 atom stereocenters. The summed E-state index contributed by atoms with van der Waals surface area (Å²) >= 11 is 0. The summed E-state index contributed by atoms with van der Waals surface area (Å²) in [6.45, 7) is 14.3. The molecule has 2 aliphatic rings. The molecular weight excluding hydrogens is 616 g/mol. The molecule has 0 radical (unpaired) electrons. The number of esters is 2. The first-order valence-corrected chi connectivity index (χ1v) is 14.9. The van der Waals surface area contributed by atoms with Crippen molar-refractivity contribution in [2.75, 3.05) is 33.5 Å². The number of carbonyl (C=O) groups is 2. The van der Waals surface area contributed by atoms with Gasteiger partial charge >= 0.3 is 11.9 Å². The molecule has 7 heteroatoms. The highest BCUT2D eigenvalue weighted by atomic mass is 16.6. The van der Waals surface area contributed by atoms with Crippen LogP contribution in [-0.4, -0.2) is 57.7 Å². The monoisotopic (exact) mass is 699 g/mol. The van der Waals surface area contributed by atoms with Gasteiger partial charge < -0.3 is 23.7 Å². The fraction of sp³-hybridized carbons (Fsp3) is 0.667. The maximum atomic E-state index is 13.2. The normalized spacial score (nSPS) is 17.0. The topological polar surface area (TPSA) is 86.9 Å². The summed E-state index contributed by atoms with van der Waals surface area (Å²) in [7, 11) is 1.40. The van der Waals surface area contributed by atoms with Crippen LogP contribution in [0.4, 0.5) is 0 Å². The van der Waals surface area contributed by atoms with Gasteiger partial charge in [-0.1, -0.05) is 136 Å². The molecule has 2 aromatic carbocycles. The summed E-state index contributed by atoms with van der Waals surface area (Å²) in [5.74, 6) is 0.575. The second kappa shape index (κ2) is 31.1. The third kappa shape index (κ3) is 21.0. The molecule has 7 nitrogen and oxygen atoms in total. The van der Waals surface area contributed by atoms with Crippen molar-refractivity contribution in [3.63, 3.8) is 0 Å². The van der Waals surface area contributed by atoms with Crippen LogP contribution in [0.25, 0.3) is 0 Å². The summed E-state index contributed by atoms with van der Waals surface area (Å²) < 4.78 is 26.2. The zero-order valence-corrected chi connectivity index (χ0v) is 26.0. The fourth-order valence-electron chi connectivity index (χ4n) is 4.82. The van der Waals surface area contributed by atoms with Crippen molar-refractivity contribution in [2.24, 2.45) is 10.8 Å². The Hall–Kier alpha value is -2.90. The minimum atomic E-state index is -0.801. The van der Waals surface area contributed by atoms with E-state index in [0.717, 1.165) is 18.8 Å². The van der Waals surface area contributed by atoms with Crippen LogP contribution < -0.4 is 4.74 Å². The van der Waals surface area contributed by atoms with Gasteiger partial charge in [0.2, 0.25) is 0 Å². The first-order chi connectivity index (χ1) is 19.7. The van der Waals surface area contributed by atoms with Gasteiger partial charge in [-0.3, -0.25) is 9.59 Å². The van der Waals surface area contributed by atoms with E-state index in [4.69, 9.17) is 23.7 Å². The molecule has 0 saturated carbocycles. The third-order valence-corrected chi connectivity index (χ3v) is 7.58. The summed E-state index contributed by atoms with van der Waals surface area (Å²) in [5, 5.41) is 0. The number of ether oxygens (including phenoxy) is 5. The average molecular weight is 699 g/mol. The molecule has 0 bridgehead atoms. The lowest BCUT2D eigenvalue weighted by atomic mass is 9.67. The van der Waals surface area contributed by atoms with E-state index >= 15 is 0 Å². The Labute approximate surface area is 305 Å². The SMILES string of the molecule is C.C.C.C.C.C.C.C.CC.CCC(CC(C)(CC(C)(CC)C(=O)OC)C(=O)OCC1CO1)c1ccccc1.c1ccc(OCC2CO2)cc1. The van der Waals surface area contributed by atoms with Gasteiger partial charge in [0.15, 0.2) is 0 Å². The van der Waals surface area contributed by atoms with Crippen molar-refractivity contribution in [1.82, 2.24) is 0 Å². The Kier molecular flexibility index (Phi) is 38.9. The van der Waals surface area contributed by atoms with Crippen LogP contribution in [0, 0.1) is 10.8 Å². The lowest BCUT2D eigenvalue weighted by Gasteiger charge is -2.37. The van der Waals surface area contributed by atoms with Crippen LogP contribution in [0.2, 0.25) is 0 Å². The van der Waals surface area contributed by atoms with Gasteiger partial charge in [-0.15, -0.1) is 0 Å². The van der Waals surface area contributed by atoms with Gasteiger partial charge in [-0.2, -0.15) is 0 Å². The molecule has 2 aromatic rings. The molecule has 2 saturated heterocycles. The van der Waals surface area contributed by atoms with Gasteiger partial charge in [-0.25, -0.2) is 0 Å². The third-order valence-electron chi connectivity index (χ3n) is 7.58. The van der Waals surface area contributed by atoms with E-state index in [1.165, 1.54) is 12.7 Å². The van der Waals surface area contributed by atoms with Gasteiger partial charge in [0.25, 0.3) is 0 Å². The van der Waals surface area contributed by atoms with Crippen LogP contribution in [-0.2, 0) is 28.5 Å². The summed E-state index contributed by atoms with van der Waals surface area (Å²) in [4.78, 5) is 25.6. The van der Waals surface area contributed by atoms with E-state index in [2.05, 4.69) is 19.1 Å². The van der Waals surface area contributed by atoms with E-state index in [1.54, 1.807) is 0 Å².